The Morgan fingerprint density at radius 2 is 2.30 bits per heavy atom. The highest BCUT2D eigenvalue weighted by Crippen LogP contribution is 2.25. The summed E-state index contributed by atoms with van der Waals surface area (Å²) < 4.78 is 10.9. The van der Waals surface area contributed by atoms with Gasteiger partial charge < -0.3 is 20.1 Å². The van der Waals surface area contributed by atoms with Gasteiger partial charge in [0.25, 0.3) is 5.91 Å². The first-order valence-electron chi connectivity index (χ1n) is 6.92. The van der Waals surface area contributed by atoms with Crippen LogP contribution in [0.1, 0.15) is 30.6 Å². The SMILES string of the molecule is CCC1COC(C)CN1C(=O)c1cc(N)ccc1OC. The van der Waals surface area contributed by atoms with E-state index in [0.717, 1.165) is 6.42 Å². The van der Waals surface area contributed by atoms with Gasteiger partial charge in [0.05, 0.1) is 31.4 Å². The van der Waals surface area contributed by atoms with Gasteiger partial charge in [0.2, 0.25) is 0 Å². The van der Waals surface area contributed by atoms with Gasteiger partial charge in [0, 0.05) is 12.2 Å². The number of benzene rings is 1. The van der Waals surface area contributed by atoms with Crippen LogP contribution in [0.5, 0.6) is 5.75 Å². The lowest BCUT2D eigenvalue weighted by Crippen LogP contribution is -2.51. The highest BCUT2D eigenvalue weighted by Gasteiger charge is 2.31. The number of nitrogen functional groups attached to an aromatic ring is 1. The minimum Gasteiger partial charge on any atom is -0.496 e. The molecular formula is C15H22N2O3. The molecule has 0 aromatic heterocycles. The fourth-order valence-electron chi connectivity index (χ4n) is 2.48. The van der Waals surface area contributed by atoms with Crippen LogP contribution in [0.4, 0.5) is 5.69 Å². The van der Waals surface area contributed by atoms with Gasteiger partial charge in [-0.3, -0.25) is 4.79 Å². The lowest BCUT2D eigenvalue weighted by molar-refractivity contribution is -0.0444. The largest absolute Gasteiger partial charge is 0.496 e. The molecule has 2 N–H and O–H groups in total. The third kappa shape index (κ3) is 2.88. The number of rotatable bonds is 3. The smallest absolute Gasteiger partial charge is 0.258 e. The van der Waals surface area contributed by atoms with Gasteiger partial charge in [-0.05, 0) is 31.5 Å². The van der Waals surface area contributed by atoms with E-state index in [2.05, 4.69) is 6.92 Å². The lowest BCUT2D eigenvalue weighted by Gasteiger charge is -2.38. The molecule has 2 unspecified atom stereocenters. The Kier molecular flexibility index (Phi) is 4.49. The Labute approximate surface area is 119 Å². The van der Waals surface area contributed by atoms with Crippen LogP contribution in [0.15, 0.2) is 18.2 Å². The molecule has 5 heteroatoms. The number of nitrogens with two attached hydrogens (primary N) is 1. The zero-order valence-electron chi connectivity index (χ0n) is 12.3. The van der Waals surface area contributed by atoms with Crippen molar-refractivity contribution in [2.45, 2.75) is 32.4 Å². The van der Waals surface area contributed by atoms with Crippen molar-refractivity contribution in [3.63, 3.8) is 0 Å². The molecular weight excluding hydrogens is 256 g/mol. The van der Waals surface area contributed by atoms with Crippen LogP contribution >= 0.6 is 0 Å². The second kappa shape index (κ2) is 6.13. The maximum Gasteiger partial charge on any atom is 0.258 e. The van der Waals surface area contributed by atoms with E-state index in [1.54, 1.807) is 25.3 Å². The van der Waals surface area contributed by atoms with E-state index >= 15 is 0 Å². The Balaban J connectivity index is 2.31. The average Bonchev–Trinajstić information content (AvgIpc) is 2.46. The van der Waals surface area contributed by atoms with Gasteiger partial charge in [-0.25, -0.2) is 0 Å². The number of methoxy groups -OCH3 is 1. The molecule has 1 aromatic carbocycles. The summed E-state index contributed by atoms with van der Waals surface area (Å²) in [6.07, 6.45) is 0.914. The molecule has 0 spiro atoms. The number of ether oxygens (including phenoxy) is 2. The fourth-order valence-corrected chi connectivity index (χ4v) is 2.48. The number of anilines is 1. The molecule has 1 aliphatic heterocycles. The van der Waals surface area contributed by atoms with Crippen molar-refractivity contribution in [1.82, 2.24) is 4.90 Å². The molecule has 20 heavy (non-hydrogen) atoms. The highest BCUT2D eigenvalue weighted by molar-refractivity contribution is 5.98. The standard InChI is InChI=1S/C15H22N2O3/c1-4-12-9-20-10(2)8-17(12)15(18)13-7-11(16)5-6-14(13)19-3/h5-7,10,12H,4,8-9,16H2,1-3H3. The topological polar surface area (TPSA) is 64.8 Å². The number of morpholine rings is 1. The van der Waals surface area contributed by atoms with Crippen LogP contribution in [-0.4, -0.2) is 43.2 Å². The minimum absolute atomic E-state index is 0.0452. The highest BCUT2D eigenvalue weighted by atomic mass is 16.5. The second-order valence-electron chi connectivity index (χ2n) is 5.12. The first kappa shape index (κ1) is 14.7. The maximum atomic E-state index is 12.8. The van der Waals surface area contributed by atoms with Crippen LogP contribution in [-0.2, 0) is 4.74 Å². The van der Waals surface area contributed by atoms with Crippen LogP contribution in [0.3, 0.4) is 0 Å². The van der Waals surface area contributed by atoms with Gasteiger partial charge in [-0.1, -0.05) is 6.92 Å². The molecule has 1 aliphatic rings. The molecule has 0 bridgehead atoms. The van der Waals surface area contributed by atoms with E-state index in [4.69, 9.17) is 15.2 Å². The molecule has 0 saturated carbocycles. The predicted octanol–water partition coefficient (Wildman–Crippen LogP) is 1.92. The molecule has 1 fully saturated rings. The summed E-state index contributed by atoms with van der Waals surface area (Å²) in [7, 11) is 1.56. The summed E-state index contributed by atoms with van der Waals surface area (Å²) in [5.41, 5.74) is 6.87. The molecule has 0 radical (unpaired) electrons. The summed E-state index contributed by atoms with van der Waals surface area (Å²) in [6, 6.07) is 5.24. The van der Waals surface area contributed by atoms with Crippen molar-refractivity contribution in [3.05, 3.63) is 23.8 Å². The van der Waals surface area contributed by atoms with Crippen LogP contribution in [0, 0.1) is 0 Å². The zero-order valence-corrected chi connectivity index (χ0v) is 12.3. The molecule has 2 rings (SSSR count). The molecule has 1 aromatic rings. The molecule has 2 atom stereocenters. The quantitative estimate of drug-likeness (QED) is 0.858. The van der Waals surface area contributed by atoms with E-state index in [0.29, 0.717) is 30.2 Å². The number of nitrogens with zero attached hydrogens (tertiary/aromatic N) is 1. The predicted molar refractivity (Wildman–Crippen MR) is 77.9 cm³/mol. The summed E-state index contributed by atoms with van der Waals surface area (Å²) >= 11 is 0. The van der Waals surface area contributed by atoms with E-state index < -0.39 is 0 Å². The van der Waals surface area contributed by atoms with Crippen LogP contribution in [0.2, 0.25) is 0 Å². The second-order valence-corrected chi connectivity index (χ2v) is 5.12. The number of carbonyl (C=O) groups is 1. The lowest BCUT2D eigenvalue weighted by atomic mass is 10.1. The van der Waals surface area contributed by atoms with Crippen LogP contribution < -0.4 is 10.5 Å². The van der Waals surface area contributed by atoms with E-state index in [1.807, 2.05) is 11.8 Å². The van der Waals surface area contributed by atoms with Crippen molar-refractivity contribution < 1.29 is 14.3 Å². The zero-order chi connectivity index (χ0) is 14.7. The molecule has 1 amide bonds. The van der Waals surface area contributed by atoms with E-state index in [-0.39, 0.29) is 18.1 Å². The summed E-state index contributed by atoms with van der Waals surface area (Å²) in [6.45, 7) is 5.20. The van der Waals surface area contributed by atoms with Crippen molar-refractivity contribution in [2.75, 3.05) is 26.0 Å². The van der Waals surface area contributed by atoms with Crippen molar-refractivity contribution >= 4 is 11.6 Å². The third-order valence-electron chi connectivity index (χ3n) is 3.65. The number of hydrogen-bond acceptors (Lipinski definition) is 4. The van der Waals surface area contributed by atoms with E-state index in [1.165, 1.54) is 0 Å². The first-order valence-corrected chi connectivity index (χ1v) is 6.92. The van der Waals surface area contributed by atoms with Gasteiger partial charge in [0.1, 0.15) is 5.75 Å². The van der Waals surface area contributed by atoms with Crippen molar-refractivity contribution in [2.24, 2.45) is 0 Å². The number of carbonyl (C=O) groups excluding carboxylic acids is 1. The Morgan fingerprint density at radius 1 is 1.55 bits per heavy atom. The third-order valence-corrected chi connectivity index (χ3v) is 3.65. The van der Waals surface area contributed by atoms with E-state index in [9.17, 15) is 4.79 Å². The van der Waals surface area contributed by atoms with Gasteiger partial charge in [-0.2, -0.15) is 0 Å². The molecule has 5 nitrogen and oxygen atoms in total. The Morgan fingerprint density at radius 3 is 2.95 bits per heavy atom. The molecule has 110 valence electrons. The molecule has 1 heterocycles. The summed E-state index contributed by atoms with van der Waals surface area (Å²) in [5, 5.41) is 0. The van der Waals surface area contributed by atoms with Gasteiger partial charge in [-0.15, -0.1) is 0 Å². The Hall–Kier alpha value is -1.75. The van der Waals surface area contributed by atoms with Crippen LogP contribution in [0.25, 0.3) is 0 Å². The van der Waals surface area contributed by atoms with Crippen molar-refractivity contribution in [1.29, 1.82) is 0 Å². The van der Waals surface area contributed by atoms with Crippen molar-refractivity contribution in [3.8, 4) is 5.75 Å². The summed E-state index contributed by atoms with van der Waals surface area (Å²) in [5.74, 6) is 0.509. The van der Waals surface area contributed by atoms with Gasteiger partial charge >= 0.3 is 0 Å². The monoisotopic (exact) mass is 278 g/mol. The number of hydrogen-bond donors (Lipinski definition) is 1. The Bertz CT molecular complexity index is 490. The molecule has 0 aliphatic carbocycles. The average molecular weight is 278 g/mol. The fraction of sp³-hybridized carbons (Fsp3) is 0.533. The number of amides is 1. The summed E-state index contributed by atoms with van der Waals surface area (Å²) in [4.78, 5) is 14.6. The minimum atomic E-state index is -0.0452. The first-order chi connectivity index (χ1) is 9.56. The maximum absolute atomic E-state index is 12.8. The van der Waals surface area contributed by atoms with Gasteiger partial charge in [0.15, 0.2) is 0 Å². The normalized spacial score (nSPS) is 22.6. The molecule has 1 saturated heterocycles.